The molecule has 0 aromatic heterocycles. The number of piperazine rings is 1. The zero-order valence-corrected chi connectivity index (χ0v) is 18.3. The highest BCUT2D eigenvalue weighted by Gasteiger charge is 2.40. The number of nitrogens with two attached hydrogens (primary N) is 1. The number of anilines is 1. The van der Waals surface area contributed by atoms with E-state index in [0.29, 0.717) is 31.3 Å². The maximum absolute atomic E-state index is 13.2. The number of hydrogen-bond donors (Lipinski definition) is 1. The Bertz CT molecular complexity index is 808. The molecule has 2 aliphatic rings. The molecule has 2 heterocycles. The van der Waals surface area contributed by atoms with Crippen molar-refractivity contribution < 1.29 is 31.1 Å². The predicted octanol–water partition coefficient (Wildman–Crippen LogP) is 3.51. The van der Waals surface area contributed by atoms with Crippen LogP contribution in [0.1, 0.15) is 29.5 Å². The van der Waals surface area contributed by atoms with Gasteiger partial charge in [-0.2, -0.15) is 26.3 Å². The van der Waals surface area contributed by atoms with Crippen LogP contribution in [0.15, 0.2) is 12.1 Å². The summed E-state index contributed by atoms with van der Waals surface area (Å²) in [6.07, 6.45) is -9.30. The van der Waals surface area contributed by atoms with Crippen molar-refractivity contribution in [3.8, 4) is 0 Å². The number of piperidine rings is 1. The lowest BCUT2D eigenvalue weighted by Gasteiger charge is -2.43. The average molecular weight is 480 g/mol. The van der Waals surface area contributed by atoms with Gasteiger partial charge in [0.15, 0.2) is 0 Å². The summed E-state index contributed by atoms with van der Waals surface area (Å²) in [5, 5.41) is 0. The van der Waals surface area contributed by atoms with E-state index in [2.05, 4.69) is 16.8 Å². The molecule has 6 nitrogen and oxygen atoms in total. The van der Waals surface area contributed by atoms with Crippen molar-refractivity contribution in [1.29, 1.82) is 0 Å². The Kier molecular flexibility index (Phi) is 7.49. The minimum Gasteiger partial charge on any atom is -0.667 e. The molecule has 0 spiro atoms. The molecule has 0 unspecified atom stereocenters. The Balaban J connectivity index is 1.66. The van der Waals surface area contributed by atoms with Crippen LogP contribution in [0.4, 0.5) is 32.0 Å². The Morgan fingerprint density at radius 2 is 1.48 bits per heavy atom. The molecule has 1 aromatic carbocycles. The SMILES string of the molecule is CN1CCN(C2CCN(C(=O)[C@H]([NH-])Cc3cc(C(F)(F)F)c(N)c(C(F)(F)F)c3)CC2)CC1. The molecular formula is C21H28F6N5O-. The van der Waals surface area contributed by atoms with Gasteiger partial charge in [-0.1, -0.05) is 6.04 Å². The zero-order valence-electron chi connectivity index (χ0n) is 18.3. The molecule has 33 heavy (non-hydrogen) atoms. The van der Waals surface area contributed by atoms with Crippen molar-refractivity contribution in [3.05, 3.63) is 34.6 Å². The van der Waals surface area contributed by atoms with Crippen LogP contribution >= 0.6 is 0 Å². The van der Waals surface area contributed by atoms with Gasteiger partial charge in [0.05, 0.1) is 16.8 Å². The first-order valence-corrected chi connectivity index (χ1v) is 10.8. The van der Waals surface area contributed by atoms with Gasteiger partial charge in [-0.25, -0.2) is 0 Å². The van der Waals surface area contributed by atoms with Gasteiger partial charge in [-0.05, 0) is 44.0 Å². The van der Waals surface area contributed by atoms with E-state index in [4.69, 9.17) is 11.5 Å². The van der Waals surface area contributed by atoms with E-state index in [-0.39, 0.29) is 0 Å². The molecule has 0 aliphatic carbocycles. The fraction of sp³-hybridized carbons (Fsp3) is 0.667. The Hall–Kier alpha value is -2.05. The highest BCUT2D eigenvalue weighted by Crippen LogP contribution is 2.42. The Morgan fingerprint density at radius 1 is 1.00 bits per heavy atom. The molecule has 12 heteroatoms. The van der Waals surface area contributed by atoms with Crippen molar-refractivity contribution in [1.82, 2.24) is 14.7 Å². The number of likely N-dealkylation sites (tertiary alicyclic amines) is 1. The number of carbonyl (C=O) groups is 1. The minimum atomic E-state index is -5.09. The first kappa shape index (κ1) is 25.6. The minimum absolute atomic E-state index is 0.327. The van der Waals surface area contributed by atoms with Gasteiger partial charge < -0.3 is 21.3 Å². The van der Waals surface area contributed by atoms with E-state index in [1.54, 1.807) is 0 Å². The molecule has 3 rings (SSSR count). The van der Waals surface area contributed by atoms with Crippen LogP contribution in [-0.2, 0) is 23.6 Å². The van der Waals surface area contributed by atoms with Crippen LogP contribution in [0.2, 0.25) is 0 Å². The standard InChI is InChI=1S/C21H28F6N5O/c1-30-6-8-31(9-7-30)14-2-4-32(5-3-14)19(33)17(28)12-13-10-15(20(22,23)24)18(29)16(11-13)21(25,26)27/h10-11,14,17,28H,2-9,12,29H2,1H3/q-1/t17-/m1/s1. The van der Waals surface area contributed by atoms with Crippen LogP contribution in [0.3, 0.4) is 0 Å². The van der Waals surface area contributed by atoms with Crippen molar-refractivity contribution in [2.45, 2.75) is 43.7 Å². The number of nitrogen functional groups attached to an aromatic ring is 1. The summed E-state index contributed by atoms with van der Waals surface area (Å²) in [6, 6.07) is -0.179. The number of hydrogen-bond acceptors (Lipinski definition) is 4. The summed E-state index contributed by atoms with van der Waals surface area (Å²) in [4.78, 5) is 18.8. The van der Waals surface area contributed by atoms with Gasteiger partial charge in [0.2, 0.25) is 5.91 Å². The molecule has 2 saturated heterocycles. The lowest BCUT2D eigenvalue weighted by atomic mass is 9.96. The van der Waals surface area contributed by atoms with Crippen molar-refractivity contribution in [2.24, 2.45) is 0 Å². The molecule has 1 atom stereocenters. The summed E-state index contributed by atoms with van der Waals surface area (Å²) >= 11 is 0. The van der Waals surface area contributed by atoms with Crippen molar-refractivity contribution in [3.63, 3.8) is 0 Å². The van der Waals surface area contributed by atoms with E-state index in [1.165, 1.54) is 4.90 Å². The number of nitrogens with zero attached hydrogens (tertiary/aromatic N) is 3. The molecule has 3 N–H and O–H groups in total. The lowest BCUT2D eigenvalue weighted by Crippen LogP contribution is -2.53. The summed E-state index contributed by atoms with van der Waals surface area (Å²) < 4.78 is 79.3. The quantitative estimate of drug-likeness (QED) is 0.529. The van der Waals surface area contributed by atoms with E-state index in [0.717, 1.165) is 39.0 Å². The van der Waals surface area contributed by atoms with Gasteiger partial charge >= 0.3 is 12.4 Å². The zero-order chi connectivity index (χ0) is 24.6. The first-order valence-electron chi connectivity index (χ1n) is 10.8. The average Bonchev–Trinajstić information content (AvgIpc) is 2.73. The topological polar surface area (TPSA) is 76.6 Å². The van der Waals surface area contributed by atoms with Crippen LogP contribution < -0.4 is 5.73 Å². The summed E-state index contributed by atoms with van der Waals surface area (Å²) in [7, 11) is 2.06. The maximum Gasteiger partial charge on any atom is 0.418 e. The maximum atomic E-state index is 13.2. The number of likely N-dealkylation sites (N-methyl/N-ethyl adjacent to an activating group) is 1. The van der Waals surface area contributed by atoms with Gasteiger partial charge in [-0.15, -0.1) is 0 Å². The normalized spacial score (nSPS) is 20.8. The molecule has 1 amide bonds. The number of nitrogens with one attached hydrogen (secondary N) is 1. The van der Waals surface area contributed by atoms with Crippen LogP contribution in [0.5, 0.6) is 0 Å². The molecule has 2 fully saturated rings. The fourth-order valence-corrected chi connectivity index (χ4v) is 4.48. The smallest absolute Gasteiger partial charge is 0.418 e. The third-order valence-corrected chi connectivity index (χ3v) is 6.42. The largest absolute Gasteiger partial charge is 0.667 e. The van der Waals surface area contributed by atoms with Crippen LogP contribution in [0, 0.1) is 0 Å². The highest BCUT2D eigenvalue weighted by atomic mass is 19.4. The molecule has 0 radical (unpaired) electrons. The highest BCUT2D eigenvalue weighted by molar-refractivity contribution is 5.83. The first-order chi connectivity index (χ1) is 15.3. The van der Waals surface area contributed by atoms with E-state index < -0.39 is 53.1 Å². The summed E-state index contributed by atoms with van der Waals surface area (Å²) in [5.74, 6) is -0.592. The monoisotopic (exact) mass is 480 g/mol. The Morgan fingerprint density at radius 3 is 1.94 bits per heavy atom. The van der Waals surface area contributed by atoms with E-state index in [1.807, 2.05) is 0 Å². The number of carbonyl (C=O) groups excluding carboxylic acids is 1. The number of halogens is 6. The second-order valence-corrected chi connectivity index (χ2v) is 8.75. The number of rotatable bonds is 4. The molecule has 1 aromatic rings. The summed E-state index contributed by atoms with van der Waals surface area (Å²) in [5.41, 5.74) is 8.25. The van der Waals surface area contributed by atoms with Crippen LogP contribution in [0.25, 0.3) is 5.73 Å². The second kappa shape index (κ2) is 9.67. The number of benzene rings is 1. The van der Waals surface area contributed by atoms with Gasteiger partial charge in [0.1, 0.15) is 0 Å². The molecular weight excluding hydrogens is 452 g/mol. The molecule has 0 bridgehead atoms. The third kappa shape index (κ3) is 6.10. The fourth-order valence-electron chi connectivity index (χ4n) is 4.48. The van der Waals surface area contributed by atoms with E-state index >= 15 is 0 Å². The number of amides is 1. The van der Waals surface area contributed by atoms with Crippen molar-refractivity contribution in [2.75, 3.05) is 52.0 Å². The summed E-state index contributed by atoms with van der Waals surface area (Å²) in [6.45, 7) is 4.64. The lowest BCUT2D eigenvalue weighted by molar-refractivity contribution is -0.141. The third-order valence-electron chi connectivity index (χ3n) is 6.42. The second-order valence-electron chi connectivity index (χ2n) is 8.75. The molecule has 0 saturated carbocycles. The predicted molar refractivity (Wildman–Crippen MR) is 111 cm³/mol. The molecule has 186 valence electrons. The van der Waals surface area contributed by atoms with Gasteiger partial charge in [0.25, 0.3) is 0 Å². The van der Waals surface area contributed by atoms with Crippen LogP contribution in [-0.4, -0.2) is 79.0 Å². The number of alkyl halides is 6. The van der Waals surface area contributed by atoms with Gasteiger partial charge in [-0.3, -0.25) is 9.69 Å². The molecule has 2 aliphatic heterocycles. The Labute approximate surface area is 188 Å². The van der Waals surface area contributed by atoms with Gasteiger partial charge in [0, 0.05) is 45.3 Å². The van der Waals surface area contributed by atoms with Crippen molar-refractivity contribution >= 4 is 11.6 Å². The van der Waals surface area contributed by atoms with E-state index in [9.17, 15) is 31.1 Å².